The van der Waals surface area contributed by atoms with Gasteiger partial charge in [-0.1, -0.05) is 13.3 Å². The fourth-order valence-corrected chi connectivity index (χ4v) is 5.52. The summed E-state index contributed by atoms with van der Waals surface area (Å²) in [6.45, 7) is 22.3. The molecule has 4 heteroatoms. The van der Waals surface area contributed by atoms with Crippen molar-refractivity contribution in [1.29, 1.82) is 0 Å². The summed E-state index contributed by atoms with van der Waals surface area (Å²) in [5.74, 6) is 1.95. The number of ether oxygens (including phenoxy) is 2. The minimum atomic E-state index is -0.442. The van der Waals surface area contributed by atoms with Gasteiger partial charge in [-0.15, -0.1) is 0 Å². The van der Waals surface area contributed by atoms with E-state index in [1.54, 1.807) is 0 Å². The molecule has 2 saturated heterocycles. The lowest BCUT2D eigenvalue weighted by atomic mass is 9.73. The number of hydrogen-bond acceptors (Lipinski definition) is 3. The quantitative estimate of drug-likeness (QED) is 0.551. The zero-order valence-electron chi connectivity index (χ0n) is 20.1. The average Bonchev–Trinajstić information content (AvgIpc) is 2.74. The van der Waals surface area contributed by atoms with Crippen LogP contribution in [0.1, 0.15) is 101 Å². The topological polar surface area (TPSA) is 38.8 Å². The van der Waals surface area contributed by atoms with Crippen LogP contribution in [-0.2, 0) is 9.47 Å². The zero-order valence-corrected chi connectivity index (χ0v) is 20.1. The second kappa shape index (κ2) is 7.81. The molecular formula is C24H45NO3. The maximum absolute atomic E-state index is 12.6. The van der Waals surface area contributed by atoms with Gasteiger partial charge >= 0.3 is 6.09 Å². The molecule has 0 aliphatic carbocycles. The van der Waals surface area contributed by atoms with Gasteiger partial charge in [0.2, 0.25) is 0 Å². The molecule has 0 aromatic rings. The van der Waals surface area contributed by atoms with Crippen LogP contribution in [0, 0.1) is 17.8 Å². The Morgan fingerprint density at radius 1 is 1.07 bits per heavy atom. The Bertz CT molecular complexity index is 543. The Morgan fingerprint density at radius 2 is 1.61 bits per heavy atom. The first-order valence-corrected chi connectivity index (χ1v) is 11.2. The van der Waals surface area contributed by atoms with Gasteiger partial charge in [0.1, 0.15) is 5.60 Å². The maximum atomic E-state index is 12.6. The second-order valence-electron chi connectivity index (χ2n) is 12.3. The second-order valence-corrected chi connectivity index (χ2v) is 12.3. The van der Waals surface area contributed by atoms with Gasteiger partial charge < -0.3 is 14.4 Å². The van der Waals surface area contributed by atoms with Gasteiger partial charge in [0.05, 0.1) is 11.2 Å². The van der Waals surface area contributed by atoms with E-state index in [4.69, 9.17) is 9.47 Å². The molecule has 1 amide bonds. The number of hydrogen-bond donors (Lipinski definition) is 0. The summed E-state index contributed by atoms with van der Waals surface area (Å²) in [5.41, 5.74) is -0.644. The maximum Gasteiger partial charge on any atom is 0.410 e. The van der Waals surface area contributed by atoms with Crippen LogP contribution in [0.5, 0.6) is 0 Å². The Hall–Kier alpha value is -0.770. The minimum Gasteiger partial charge on any atom is -0.444 e. The van der Waals surface area contributed by atoms with Crippen LogP contribution in [0.15, 0.2) is 0 Å². The molecule has 2 aliphatic heterocycles. The number of nitrogens with zero attached hydrogens (tertiary/aromatic N) is 1. The predicted octanol–water partition coefficient (Wildman–Crippen LogP) is 6.42. The lowest BCUT2D eigenvalue weighted by Crippen LogP contribution is -2.46. The summed E-state index contributed by atoms with van der Waals surface area (Å²) < 4.78 is 11.9. The monoisotopic (exact) mass is 395 g/mol. The first-order valence-electron chi connectivity index (χ1n) is 11.2. The van der Waals surface area contributed by atoms with E-state index in [0.717, 1.165) is 25.8 Å². The molecule has 0 aromatic heterocycles. The summed E-state index contributed by atoms with van der Waals surface area (Å²) in [5, 5.41) is 0. The van der Waals surface area contributed by atoms with Crippen LogP contribution in [0.25, 0.3) is 0 Å². The number of likely N-dealkylation sites (tertiary alicyclic amines) is 1. The highest BCUT2D eigenvalue weighted by Gasteiger charge is 2.44. The van der Waals surface area contributed by atoms with Crippen LogP contribution in [0.2, 0.25) is 0 Å². The van der Waals surface area contributed by atoms with E-state index in [0.29, 0.717) is 17.8 Å². The molecule has 164 valence electrons. The third-order valence-corrected chi connectivity index (χ3v) is 6.47. The number of amides is 1. The van der Waals surface area contributed by atoms with Crippen molar-refractivity contribution in [3.8, 4) is 0 Å². The highest BCUT2D eigenvalue weighted by atomic mass is 16.6. The molecule has 28 heavy (non-hydrogen) atoms. The zero-order chi connectivity index (χ0) is 21.5. The van der Waals surface area contributed by atoms with Gasteiger partial charge in [-0.05, 0) is 106 Å². The van der Waals surface area contributed by atoms with Crippen molar-refractivity contribution in [3.63, 3.8) is 0 Å². The molecule has 2 unspecified atom stereocenters. The van der Waals surface area contributed by atoms with Gasteiger partial charge in [0.25, 0.3) is 0 Å². The van der Waals surface area contributed by atoms with Crippen LogP contribution in [0.3, 0.4) is 0 Å². The molecule has 0 spiro atoms. The molecule has 2 heterocycles. The Morgan fingerprint density at radius 3 is 2.11 bits per heavy atom. The Labute approximate surface area is 173 Å². The molecular weight excluding hydrogens is 350 g/mol. The van der Waals surface area contributed by atoms with Crippen molar-refractivity contribution in [2.75, 3.05) is 6.54 Å². The van der Waals surface area contributed by atoms with E-state index in [1.165, 1.54) is 12.8 Å². The standard InChI is InChI=1S/C24H45NO3/c1-17(19-14-23(7,8)28-24(9,10)15-19)11-12-18-13-22(5,6)25(16-18)20(26)27-21(2,3)4/h17-19H,11-16H2,1-10H3. The predicted molar refractivity (Wildman–Crippen MR) is 115 cm³/mol. The van der Waals surface area contributed by atoms with E-state index in [1.807, 2.05) is 25.7 Å². The van der Waals surface area contributed by atoms with E-state index in [9.17, 15) is 4.79 Å². The Balaban J connectivity index is 1.91. The third-order valence-electron chi connectivity index (χ3n) is 6.47. The van der Waals surface area contributed by atoms with Crippen molar-refractivity contribution in [2.24, 2.45) is 17.8 Å². The van der Waals surface area contributed by atoms with E-state index in [-0.39, 0.29) is 22.8 Å². The van der Waals surface area contributed by atoms with Crippen LogP contribution >= 0.6 is 0 Å². The lowest BCUT2D eigenvalue weighted by Gasteiger charge is -2.47. The van der Waals surface area contributed by atoms with Crippen LogP contribution in [0.4, 0.5) is 4.79 Å². The van der Waals surface area contributed by atoms with E-state index >= 15 is 0 Å². The van der Waals surface area contributed by atoms with Gasteiger partial charge in [-0.2, -0.15) is 0 Å². The fraction of sp³-hybridized carbons (Fsp3) is 0.958. The van der Waals surface area contributed by atoms with Crippen molar-refractivity contribution in [2.45, 2.75) is 124 Å². The van der Waals surface area contributed by atoms with Crippen molar-refractivity contribution >= 4 is 6.09 Å². The molecule has 2 aliphatic rings. The highest BCUT2D eigenvalue weighted by molar-refractivity contribution is 5.69. The summed E-state index contributed by atoms with van der Waals surface area (Å²) in [7, 11) is 0. The van der Waals surface area contributed by atoms with Crippen molar-refractivity contribution in [3.05, 3.63) is 0 Å². The number of carbonyl (C=O) groups excluding carboxylic acids is 1. The molecule has 2 atom stereocenters. The molecule has 0 aromatic carbocycles. The third kappa shape index (κ3) is 6.37. The van der Waals surface area contributed by atoms with Gasteiger partial charge in [-0.3, -0.25) is 0 Å². The molecule has 0 N–H and O–H groups in total. The molecule has 2 rings (SSSR count). The number of carbonyl (C=O) groups is 1. The van der Waals surface area contributed by atoms with Gasteiger partial charge in [0, 0.05) is 12.1 Å². The van der Waals surface area contributed by atoms with E-state index in [2.05, 4.69) is 48.5 Å². The summed E-state index contributed by atoms with van der Waals surface area (Å²) in [6, 6.07) is 0. The van der Waals surface area contributed by atoms with Gasteiger partial charge in [-0.25, -0.2) is 4.79 Å². The van der Waals surface area contributed by atoms with Gasteiger partial charge in [0.15, 0.2) is 0 Å². The van der Waals surface area contributed by atoms with E-state index < -0.39 is 5.60 Å². The minimum absolute atomic E-state index is 0.0382. The normalized spacial score (nSPS) is 28.2. The summed E-state index contributed by atoms with van der Waals surface area (Å²) >= 11 is 0. The van der Waals surface area contributed by atoms with Crippen molar-refractivity contribution in [1.82, 2.24) is 4.90 Å². The fourth-order valence-electron chi connectivity index (χ4n) is 5.52. The highest BCUT2D eigenvalue weighted by Crippen LogP contribution is 2.44. The smallest absolute Gasteiger partial charge is 0.410 e. The summed E-state index contributed by atoms with van der Waals surface area (Å²) in [6.07, 6.45) is 5.57. The number of rotatable bonds is 4. The largest absolute Gasteiger partial charge is 0.444 e. The van der Waals surface area contributed by atoms with Crippen LogP contribution in [-0.4, -0.2) is 39.9 Å². The molecule has 0 radical (unpaired) electrons. The average molecular weight is 396 g/mol. The SMILES string of the molecule is CC(CCC1CN(C(=O)OC(C)(C)C)C(C)(C)C1)C1CC(C)(C)OC(C)(C)C1. The molecule has 4 nitrogen and oxygen atoms in total. The molecule has 0 saturated carbocycles. The summed E-state index contributed by atoms with van der Waals surface area (Å²) in [4.78, 5) is 14.6. The Kier molecular flexibility index (Phi) is 6.56. The van der Waals surface area contributed by atoms with Crippen molar-refractivity contribution < 1.29 is 14.3 Å². The first-order chi connectivity index (χ1) is 12.5. The van der Waals surface area contributed by atoms with Crippen LogP contribution < -0.4 is 0 Å². The lowest BCUT2D eigenvalue weighted by molar-refractivity contribution is -0.178. The molecule has 2 fully saturated rings. The molecule has 0 bridgehead atoms. The first kappa shape index (κ1) is 23.5.